The summed E-state index contributed by atoms with van der Waals surface area (Å²) < 4.78 is 0. The maximum atomic E-state index is 3.84. The Kier molecular flexibility index (Phi) is 4.83. The topological polar surface area (TPSA) is 12.0 Å². The lowest BCUT2D eigenvalue weighted by atomic mass is 9.89. The Labute approximate surface area is 128 Å². The number of aryl methyl sites for hydroxylation is 2. The van der Waals surface area contributed by atoms with Crippen LogP contribution in [-0.2, 0) is 19.4 Å². The summed E-state index contributed by atoms with van der Waals surface area (Å²) in [6.07, 6.45) is 11.1. The van der Waals surface area contributed by atoms with Crippen LogP contribution in [-0.4, -0.2) is 6.04 Å². The second kappa shape index (κ2) is 6.62. The van der Waals surface area contributed by atoms with Crippen LogP contribution in [0.1, 0.15) is 67.7 Å². The van der Waals surface area contributed by atoms with Gasteiger partial charge in [-0.2, -0.15) is 0 Å². The van der Waals surface area contributed by atoms with Crippen LogP contribution in [0.15, 0.2) is 6.07 Å². The normalized spacial score (nSPS) is 26.8. The van der Waals surface area contributed by atoms with Gasteiger partial charge in [-0.15, -0.1) is 11.3 Å². The molecule has 0 aliphatic heterocycles. The zero-order valence-corrected chi connectivity index (χ0v) is 13.9. The Morgan fingerprint density at radius 1 is 1.15 bits per heavy atom. The van der Waals surface area contributed by atoms with E-state index in [9.17, 15) is 0 Å². The molecule has 20 heavy (non-hydrogen) atoms. The first-order chi connectivity index (χ1) is 9.72. The molecule has 0 saturated heterocycles. The summed E-state index contributed by atoms with van der Waals surface area (Å²) in [5, 5.41) is 3.84. The van der Waals surface area contributed by atoms with Crippen molar-refractivity contribution < 1.29 is 0 Å². The molecule has 1 saturated carbocycles. The Morgan fingerprint density at radius 2 is 2.05 bits per heavy atom. The van der Waals surface area contributed by atoms with Gasteiger partial charge in [-0.05, 0) is 62.0 Å². The van der Waals surface area contributed by atoms with Gasteiger partial charge in [-0.1, -0.05) is 26.7 Å². The van der Waals surface area contributed by atoms with Crippen LogP contribution in [0, 0.1) is 11.8 Å². The van der Waals surface area contributed by atoms with E-state index in [1.54, 1.807) is 15.3 Å². The summed E-state index contributed by atoms with van der Waals surface area (Å²) in [5.74, 6) is 1.83. The van der Waals surface area contributed by atoms with E-state index in [0.29, 0.717) is 0 Å². The summed E-state index contributed by atoms with van der Waals surface area (Å²) in [6.45, 7) is 5.89. The second-order valence-electron chi connectivity index (χ2n) is 7.10. The van der Waals surface area contributed by atoms with Crippen molar-refractivity contribution in [3.63, 3.8) is 0 Å². The third-order valence-corrected chi connectivity index (χ3v) is 6.56. The van der Waals surface area contributed by atoms with Crippen LogP contribution in [0.25, 0.3) is 0 Å². The van der Waals surface area contributed by atoms with Crippen molar-refractivity contribution in [1.29, 1.82) is 0 Å². The van der Waals surface area contributed by atoms with Crippen LogP contribution in [0.4, 0.5) is 0 Å². The van der Waals surface area contributed by atoms with Crippen LogP contribution >= 0.6 is 11.3 Å². The molecular formula is C18H29NS. The monoisotopic (exact) mass is 291 g/mol. The van der Waals surface area contributed by atoms with Crippen LogP contribution in [0.5, 0.6) is 0 Å². The van der Waals surface area contributed by atoms with Crippen molar-refractivity contribution in [3.8, 4) is 0 Å². The highest BCUT2D eigenvalue weighted by molar-refractivity contribution is 7.12. The van der Waals surface area contributed by atoms with Gasteiger partial charge in [-0.3, -0.25) is 0 Å². The molecule has 1 fully saturated rings. The van der Waals surface area contributed by atoms with Gasteiger partial charge in [0.15, 0.2) is 0 Å². The fourth-order valence-corrected chi connectivity index (χ4v) is 5.14. The van der Waals surface area contributed by atoms with Gasteiger partial charge in [0.2, 0.25) is 0 Å². The van der Waals surface area contributed by atoms with Gasteiger partial charge in [0.1, 0.15) is 0 Å². The highest BCUT2D eigenvalue weighted by Crippen LogP contribution is 2.31. The highest BCUT2D eigenvalue weighted by atomic mass is 32.1. The van der Waals surface area contributed by atoms with Gasteiger partial charge in [0, 0.05) is 22.3 Å². The van der Waals surface area contributed by atoms with Gasteiger partial charge in [0.25, 0.3) is 0 Å². The minimum Gasteiger partial charge on any atom is -0.309 e. The predicted octanol–water partition coefficient (Wildman–Crippen LogP) is 4.93. The molecule has 2 aliphatic rings. The summed E-state index contributed by atoms with van der Waals surface area (Å²) >= 11 is 2.06. The molecule has 1 aromatic rings. The second-order valence-corrected chi connectivity index (χ2v) is 8.33. The smallest absolute Gasteiger partial charge is 0.0302 e. The van der Waals surface area contributed by atoms with Gasteiger partial charge < -0.3 is 5.32 Å². The molecule has 1 aromatic heterocycles. The SMILES string of the molecule is CC(C)C1CCCC(NCc2cc3c(s2)CCC3)CC1. The predicted molar refractivity (Wildman–Crippen MR) is 88.4 cm³/mol. The Bertz CT molecular complexity index is 413. The van der Waals surface area contributed by atoms with E-state index in [2.05, 4.69) is 36.6 Å². The number of nitrogens with one attached hydrogen (secondary N) is 1. The van der Waals surface area contributed by atoms with E-state index in [-0.39, 0.29) is 0 Å². The zero-order valence-electron chi connectivity index (χ0n) is 13.1. The lowest BCUT2D eigenvalue weighted by Gasteiger charge is -2.19. The largest absolute Gasteiger partial charge is 0.309 e. The maximum Gasteiger partial charge on any atom is 0.0302 e. The molecule has 2 unspecified atom stereocenters. The number of fused-ring (bicyclic) bond motifs is 1. The Morgan fingerprint density at radius 3 is 2.85 bits per heavy atom. The molecule has 0 amide bonds. The molecule has 3 rings (SSSR count). The highest BCUT2D eigenvalue weighted by Gasteiger charge is 2.21. The summed E-state index contributed by atoms with van der Waals surface area (Å²) in [6, 6.07) is 3.23. The molecule has 2 aliphatic carbocycles. The molecule has 1 N–H and O–H groups in total. The van der Waals surface area contributed by atoms with Crippen molar-refractivity contribution in [1.82, 2.24) is 5.32 Å². The van der Waals surface area contributed by atoms with Crippen molar-refractivity contribution in [2.45, 2.75) is 77.8 Å². The van der Waals surface area contributed by atoms with Gasteiger partial charge in [-0.25, -0.2) is 0 Å². The van der Waals surface area contributed by atoms with E-state index in [1.165, 1.54) is 51.4 Å². The summed E-state index contributed by atoms with van der Waals surface area (Å²) in [7, 11) is 0. The average Bonchev–Trinajstić information content (AvgIpc) is 2.90. The molecule has 1 nitrogen and oxygen atoms in total. The molecule has 112 valence electrons. The van der Waals surface area contributed by atoms with Gasteiger partial charge in [0.05, 0.1) is 0 Å². The minimum atomic E-state index is 0.760. The molecule has 0 bridgehead atoms. The number of thiophene rings is 1. The van der Waals surface area contributed by atoms with E-state index in [4.69, 9.17) is 0 Å². The molecule has 2 atom stereocenters. The van der Waals surface area contributed by atoms with Crippen molar-refractivity contribution in [3.05, 3.63) is 21.4 Å². The first-order valence-electron chi connectivity index (χ1n) is 8.56. The fraction of sp³-hybridized carbons (Fsp3) is 0.778. The third kappa shape index (κ3) is 3.46. The molecule has 0 radical (unpaired) electrons. The molecular weight excluding hydrogens is 262 g/mol. The summed E-state index contributed by atoms with van der Waals surface area (Å²) in [5.41, 5.74) is 1.65. The molecule has 0 spiro atoms. The summed E-state index contributed by atoms with van der Waals surface area (Å²) in [4.78, 5) is 3.24. The standard InChI is InChI=1S/C18H29NS/c1-13(2)14-5-3-7-16(10-9-14)19-12-17-11-15-6-4-8-18(15)20-17/h11,13-14,16,19H,3-10,12H2,1-2H3. The van der Waals surface area contributed by atoms with Gasteiger partial charge >= 0.3 is 0 Å². The Balaban J connectivity index is 1.48. The first-order valence-corrected chi connectivity index (χ1v) is 9.38. The molecule has 1 heterocycles. The van der Waals surface area contributed by atoms with E-state index in [1.807, 2.05) is 0 Å². The first kappa shape index (κ1) is 14.6. The lowest BCUT2D eigenvalue weighted by molar-refractivity contribution is 0.338. The number of hydrogen-bond donors (Lipinski definition) is 1. The lowest BCUT2D eigenvalue weighted by Crippen LogP contribution is -2.27. The van der Waals surface area contributed by atoms with E-state index < -0.39 is 0 Å². The van der Waals surface area contributed by atoms with Crippen molar-refractivity contribution in [2.24, 2.45) is 11.8 Å². The number of rotatable bonds is 4. The van der Waals surface area contributed by atoms with Crippen LogP contribution in [0.3, 0.4) is 0 Å². The van der Waals surface area contributed by atoms with Crippen molar-refractivity contribution >= 4 is 11.3 Å². The van der Waals surface area contributed by atoms with E-state index >= 15 is 0 Å². The van der Waals surface area contributed by atoms with Crippen LogP contribution in [0.2, 0.25) is 0 Å². The van der Waals surface area contributed by atoms with Crippen LogP contribution < -0.4 is 5.32 Å². The third-order valence-electron chi connectivity index (χ3n) is 5.32. The van der Waals surface area contributed by atoms with E-state index in [0.717, 1.165) is 24.4 Å². The quantitative estimate of drug-likeness (QED) is 0.775. The zero-order chi connectivity index (χ0) is 13.9. The average molecular weight is 292 g/mol. The molecule has 0 aromatic carbocycles. The fourth-order valence-electron chi connectivity index (χ4n) is 3.92. The van der Waals surface area contributed by atoms with Crippen molar-refractivity contribution in [2.75, 3.05) is 0 Å². The number of hydrogen-bond acceptors (Lipinski definition) is 2. The maximum absolute atomic E-state index is 3.84. The minimum absolute atomic E-state index is 0.760. The molecule has 2 heteroatoms. The Hall–Kier alpha value is -0.340.